The quantitative estimate of drug-likeness (QED) is 0.817. The van der Waals surface area contributed by atoms with Crippen molar-refractivity contribution in [3.05, 3.63) is 23.5 Å². The highest BCUT2D eigenvalue weighted by molar-refractivity contribution is 5.91. The first-order valence-corrected chi connectivity index (χ1v) is 4.77. The second-order valence-corrected chi connectivity index (χ2v) is 3.15. The van der Waals surface area contributed by atoms with Crippen LogP contribution in [0.1, 0.15) is 22.3 Å². The molecule has 0 bridgehead atoms. The molecule has 1 amide bonds. The first kappa shape index (κ1) is 11.1. The summed E-state index contributed by atoms with van der Waals surface area (Å²) in [5.41, 5.74) is 0. The van der Waals surface area contributed by atoms with E-state index in [1.165, 1.54) is 13.2 Å². The van der Waals surface area contributed by atoms with Crippen LogP contribution in [0, 0.1) is 6.92 Å². The van der Waals surface area contributed by atoms with Crippen molar-refractivity contribution in [2.75, 3.05) is 7.11 Å². The Morgan fingerprint density at radius 1 is 1.47 bits per heavy atom. The molecule has 0 atom stereocenters. The maximum atomic E-state index is 11.6. The van der Waals surface area contributed by atoms with Crippen LogP contribution < -0.4 is 10.1 Å². The molecule has 2 aromatic heterocycles. The lowest BCUT2D eigenvalue weighted by molar-refractivity contribution is 0.0909. The van der Waals surface area contributed by atoms with Crippen molar-refractivity contribution in [2.45, 2.75) is 13.5 Å². The lowest BCUT2D eigenvalue weighted by atomic mass is 10.4. The average molecular weight is 238 g/mol. The molecule has 0 saturated heterocycles. The van der Waals surface area contributed by atoms with Crippen LogP contribution in [0.15, 0.2) is 15.1 Å². The topological polar surface area (TPSA) is 103 Å². The summed E-state index contributed by atoms with van der Waals surface area (Å²) >= 11 is 0. The van der Waals surface area contributed by atoms with E-state index in [9.17, 15) is 4.79 Å². The monoisotopic (exact) mass is 238 g/mol. The van der Waals surface area contributed by atoms with E-state index >= 15 is 0 Å². The molecule has 0 radical (unpaired) electrons. The summed E-state index contributed by atoms with van der Waals surface area (Å²) in [4.78, 5) is 15.5. The highest BCUT2D eigenvalue weighted by atomic mass is 16.5. The SMILES string of the molecule is COc1cc(C(=O)NCc2nc(C)no2)on1. The molecule has 90 valence electrons. The van der Waals surface area contributed by atoms with Gasteiger partial charge in [0.25, 0.3) is 11.8 Å². The first-order chi connectivity index (χ1) is 8.19. The van der Waals surface area contributed by atoms with Gasteiger partial charge in [-0.05, 0) is 12.1 Å². The molecule has 1 N–H and O–H groups in total. The molecule has 0 aromatic carbocycles. The number of nitrogens with zero attached hydrogens (tertiary/aromatic N) is 3. The molecule has 0 fully saturated rings. The third-order valence-corrected chi connectivity index (χ3v) is 1.89. The van der Waals surface area contributed by atoms with Crippen molar-refractivity contribution in [1.82, 2.24) is 20.6 Å². The number of amides is 1. The summed E-state index contributed by atoms with van der Waals surface area (Å²) in [6, 6.07) is 1.38. The third-order valence-electron chi connectivity index (χ3n) is 1.89. The zero-order valence-electron chi connectivity index (χ0n) is 9.26. The van der Waals surface area contributed by atoms with Crippen molar-refractivity contribution < 1.29 is 18.6 Å². The first-order valence-electron chi connectivity index (χ1n) is 4.77. The fourth-order valence-corrected chi connectivity index (χ4v) is 1.12. The van der Waals surface area contributed by atoms with Crippen LogP contribution in [-0.4, -0.2) is 28.3 Å². The molecule has 2 aromatic rings. The van der Waals surface area contributed by atoms with Crippen molar-refractivity contribution in [3.8, 4) is 5.88 Å². The molecule has 0 aliphatic carbocycles. The number of ether oxygens (including phenoxy) is 1. The maximum absolute atomic E-state index is 11.6. The van der Waals surface area contributed by atoms with Crippen molar-refractivity contribution >= 4 is 5.91 Å². The number of methoxy groups -OCH3 is 1. The van der Waals surface area contributed by atoms with Crippen LogP contribution in [0.25, 0.3) is 0 Å². The van der Waals surface area contributed by atoms with Crippen LogP contribution in [-0.2, 0) is 6.54 Å². The fraction of sp³-hybridized carbons (Fsp3) is 0.333. The van der Waals surface area contributed by atoms with E-state index in [4.69, 9.17) is 13.8 Å². The zero-order valence-corrected chi connectivity index (χ0v) is 9.26. The molecule has 2 heterocycles. The lowest BCUT2D eigenvalue weighted by Gasteiger charge is -1.96. The number of carbonyl (C=O) groups excluding carboxylic acids is 1. The van der Waals surface area contributed by atoms with E-state index < -0.39 is 5.91 Å². The Morgan fingerprint density at radius 2 is 2.29 bits per heavy atom. The summed E-state index contributed by atoms with van der Waals surface area (Å²) in [6.07, 6.45) is 0. The smallest absolute Gasteiger partial charge is 0.290 e. The largest absolute Gasteiger partial charge is 0.479 e. The minimum atomic E-state index is -0.434. The molecular formula is C9H10N4O4. The fourth-order valence-electron chi connectivity index (χ4n) is 1.12. The van der Waals surface area contributed by atoms with Crippen molar-refractivity contribution in [1.29, 1.82) is 0 Å². The molecular weight excluding hydrogens is 228 g/mol. The van der Waals surface area contributed by atoms with Gasteiger partial charge in [0.2, 0.25) is 11.7 Å². The van der Waals surface area contributed by atoms with Gasteiger partial charge in [-0.1, -0.05) is 5.16 Å². The standard InChI is InChI=1S/C9H10N4O4/c1-5-11-8(17-12-5)4-10-9(14)6-3-7(15-2)13-16-6/h3H,4H2,1-2H3,(H,10,14). The van der Waals surface area contributed by atoms with Gasteiger partial charge in [0, 0.05) is 0 Å². The Balaban J connectivity index is 1.93. The van der Waals surface area contributed by atoms with Gasteiger partial charge in [0.15, 0.2) is 5.82 Å². The number of aryl methyl sites for hydroxylation is 1. The van der Waals surface area contributed by atoms with Crippen LogP contribution in [0.5, 0.6) is 5.88 Å². The summed E-state index contributed by atoms with van der Waals surface area (Å²) in [7, 11) is 1.43. The molecule has 8 nitrogen and oxygen atoms in total. The van der Waals surface area contributed by atoms with E-state index in [1.807, 2.05) is 0 Å². The molecule has 0 aliphatic rings. The summed E-state index contributed by atoms with van der Waals surface area (Å²) in [6.45, 7) is 1.82. The van der Waals surface area contributed by atoms with Crippen LogP contribution in [0.2, 0.25) is 0 Å². The van der Waals surface area contributed by atoms with Crippen molar-refractivity contribution in [2.24, 2.45) is 0 Å². The van der Waals surface area contributed by atoms with Crippen LogP contribution >= 0.6 is 0 Å². The van der Waals surface area contributed by atoms with E-state index in [2.05, 4.69) is 20.6 Å². The van der Waals surface area contributed by atoms with Gasteiger partial charge < -0.3 is 19.1 Å². The molecule has 17 heavy (non-hydrogen) atoms. The molecule has 0 unspecified atom stereocenters. The maximum Gasteiger partial charge on any atom is 0.290 e. The van der Waals surface area contributed by atoms with Gasteiger partial charge in [-0.3, -0.25) is 4.79 Å². The van der Waals surface area contributed by atoms with Gasteiger partial charge in [-0.2, -0.15) is 4.98 Å². The number of carbonyl (C=O) groups is 1. The minimum absolute atomic E-state index is 0.0538. The lowest BCUT2D eigenvalue weighted by Crippen LogP contribution is -2.22. The van der Waals surface area contributed by atoms with E-state index in [1.54, 1.807) is 6.92 Å². The summed E-state index contributed by atoms with van der Waals surface area (Å²) < 4.78 is 14.4. The van der Waals surface area contributed by atoms with Gasteiger partial charge >= 0.3 is 0 Å². The number of hydrogen-bond donors (Lipinski definition) is 1. The van der Waals surface area contributed by atoms with E-state index in [0.717, 1.165) is 0 Å². The highest BCUT2D eigenvalue weighted by Gasteiger charge is 2.14. The molecule has 0 spiro atoms. The Bertz CT molecular complexity index is 519. The number of aromatic nitrogens is 3. The Labute approximate surface area is 95.9 Å². The van der Waals surface area contributed by atoms with E-state index in [0.29, 0.717) is 11.7 Å². The van der Waals surface area contributed by atoms with Gasteiger partial charge in [-0.25, -0.2) is 0 Å². The Hall–Kier alpha value is -2.38. The summed E-state index contributed by atoms with van der Waals surface area (Å²) in [5, 5.41) is 9.64. The number of hydrogen-bond acceptors (Lipinski definition) is 7. The number of nitrogens with one attached hydrogen (secondary N) is 1. The van der Waals surface area contributed by atoms with Crippen LogP contribution in [0.3, 0.4) is 0 Å². The zero-order chi connectivity index (χ0) is 12.3. The van der Waals surface area contributed by atoms with Crippen molar-refractivity contribution in [3.63, 3.8) is 0 Å². The highest BCUT2D eigenvalue weighted by Crippen LogP contribution is 2.10. The van der Waals surface area contributed by atoms with Gasteiger partial charge in [0.05, 0.1) is 19.7 Å². The Kier molecular flexibility index (Phi) is 3.03. The Morgan fingerprint density at radius 3 is 2.88 bits per heavy atom. The van der Waals surface area contributed by atoms with Crippen LogP contribution in [0.4, 0.5) is 0 Å². The predicted molar refractivity (Wildman–Crippen MR) is 53.3 cm³/mol. The molecule has 2 rings (SSSR count). The second kappa shape index (κ2) is 4.64. The van der Waals surface area contributed by atoms with Gasteiger partial charge in [0.1, 0.15) is 0 Å². The number of rotatable bonds is 4. The molecule has 0 saturated carbocycles. The summed E-state index contributed by atoms with van der Waals surface area (Å²) in [5.74, 6) is 0.691. The third kappa shape index (κ3) is 2.60. The van der Waals surface area contributed by atoms with E-state index in [-0.39, 0.29) is 18.2 Å². The van der Waals surface area contributed by atoms with Gasteiger partial charge in [-0.15, -0.1) is 0 Å². The predicted octanol–water partition coefficient (Wildman–Crippen LogP) is 0.305. The molecule has 8 heteroatoms. The second-order valence-electron chi connectivity index (χ2n) is 3.15. The molecule has 0 aliphatic heterocycles. The minimum Gasteiger partial charge on any atom is -0.479 e. The normalized spacial score (nSPS) is 10.2. The average Bonchev–Trinajstić information content (AvgIpc) is 2.94.